The standard InChI is InChI=1S/C7H7NO5S/c9-7(8-10)5-3-1-2-4-6(5)14(11,12)13/h1-4,10H,(H,8,9)(H,11,12,13). The van der Waals surface area contributed by atoms with Gasteiger partial charge in [-0.15, -0.1) is 0 Å². The van der Waals surface area contributed by atoms with Crippen molar-refractivity contribution in [2.24, 2.45) is 0 Å². The zero-order chi connectivity index (χ0) is 10.8. The highest BCUT2D eigenvalue weighted by atomic mass is 32.2. The van der Waals surface area contributed by atoms with Crippen LogP contribution in [0.4, 0.5) is 0 Å². The number of rotatable bonds is 2. The molecule has 3 N–H and O–H groups in total. The number of carbonyl (C=O) groups excluding carboxylic acids is 1. The van der Waals surface area contributed by atoms with E-state index >= 15 is 0 Å². The van der Waals surface area contributed by atoms with E-state index in [1.165, 1.54) is 17.6 Å². The van der Waals surface area contributed by atoms with E-state index in [4.69, 9.17) is 9.76 Å². The molecule has 0 heterocycles. The minimum absolute atomic E-state index is 0.322. The Morgan fingerprint density at radius 3 is 2.36 bits per heavy atom. The lowest BCUT2D eigenvalue weighted by atomic mass is 10.2. The van der Waals surface area contributed by atoms with Crippen LogP contribution in [0, 0.1) is 0 Å². The number of carbonyl (C=O) groups is 1. The van der Waals surface area contributed by atoms with Crippen LogP contribution in [-0.2, 0) is 10.1 Å². The van der Waals surface area contributed by atoms with Crippen molar-refractivity contribution >= 4 is 16.0 Å². The van der Waals surface area contributed by atoms with Crippen molar-refractivity contribution in [3.63, 3.8) is 0 Å². The number of hydrogen-bond acceptors (Lipinski definition) is 4. The summed E-state index contributed by atoms with van der Waals surface area (Å²) in [4.78, 5) is 10.4. The molecular weight excluding hydrogens is 210 g/mol. The molecule has 1 aromatic rings. The molecule has 0 fully saturated rings. The van der Waals surface area contributed by atoms with Gasteiger partial charge in [-0.3, -0.25) is 14.6 Å². The lowest BCUT2D eigenvalue weighted by Crippen LogP contribution is -2.21. The van der Waals surface area contributed by atoms with Gasteiger partial charge in [0.2, 0.25) is 0 Å². The van der Waals surface area contributed by atoms with Crippen molar-refractivity contribution < 1.29 is 23.0 Å². The summed E-state index contributed by atoms with van der Waals surface area (Å²) in [6.07, 6.45) is 0. The third kappa shape index (κ3) is 2.08. The molecule has 0 aliphatic carbocycles. The Morgan fingerprint density at radius 2 is 1.86 bits per heavy atom. The molecule has 1 aromatic carbocycles. The maximum Gasteiger partial charge on any atom is 0.295 e. The SMILES string of the molecule is O=C(NO)c1ccccc1S(=O)(=O)O. The molecule has 0 aliphatic rings. The summed E-state index contributed by atoms with van der Waals surface area (Å²) < 4.78 is 30.3. The molecule has 1 rings (SSSR count). The fraction of sp³-hybridized carbons (Fsp3) is 0. The van der Waals surface area contributed by atoms with Gasteiger partial charge in [0.1, 0.15) is 4.90 Å². The molecule has 76 valence electrons. The van der Waals surface area contributed by atoms with E-state index in [-0.39, 0.29) is 5.56 Å². The Morgan fingerprint density at radius 1 is 1.29 bits per heavy atom. The maximum atomic E-state index is 10.9. The summed E-state index contributed by atoms with van der Waals surface area (Å²) in [7, 11) is -4.46. The second-order valence-corrected chi connectivity index (χ2v) is 3.80. The molecule has 14 heavy (non-hydrogen) atoms. The second-order valence-electron chi connectivity index (χ2n) is 2.41. The molecule has 0 atom stereocenters. The predicted octanol–water partition coefficient (Wildman–Crippen LogP) is 0.0523. The molecule has 0 radical (unpaired) electrons. The smallest absolute Gasteiger partial charge is 0.288 e. The second kappa shape index (κ2) is 3.74. The Bertz CT molecular complexity index is 453. The first-order chi connectivity index (χ1) is 6.46. The minimum atomic E-state index is -4.46. The van der Waals surface area contributed by atoms with Crippen molar-refractivity contribution in [3.8, 4) is 0 Å². The first-order valence-electron chi connectivity index (χ1n) is 3.48. The van der Waals surface area contributed by atoms with Crippen LogP contribution in [0.3, 0.4) is 0 Å². The van der Waals surface area contributed by atoms with E-state index in [2.05, 4.69) is 0 Å². The van der Waals surface area contributed by atoms with Gasteiger partial charge in [-0.25, -0.2) is 5.48 Å². The van der Waals surface area contributed by atoms with Gasteiger partial charge in [-0.05, 0) is 12.1 Å². The monoisotopic (exact) mass is 217 g/mol. The van der Waals surface area contributed by atoms with E-state index in [9.17, 15) is 13.2 Å². The van der Waals surface area contributed by atoms with E-state index in [1.54, 1.807) is 0 Å². The lowest BCUT2D eigenvalue weighted by Gasteiger charge is -2.03. The summed E-state index contributed by atoms with van der Waals surface area (Å²) in [6, 6.07) is 4.96. The van der Waals surface area contributed by atoms with Gasteiger partial charge in [0, 0.05) is 0 Å². The van der Waals surface area contributed by atoms with Gasteiger partial charge in [0.05, 0.1) is 5.56 Å². The zero-order valence-corrected chi connectivity index (χ0v) is 7.65. The average Bonchev–Trinajstić information content (AvgIpc) is 2.15. The summed E-state index contributed by atoms with van der Waals surface area (Å²) in [5, 5.41) is 8.30. The van der Waals surface area contributed by atoms with Crippen LogP contribution in [0.2, 0.25) is 0 Å². The molecule has 0 unspecified atom stereocenters. The van der Waals surface area contributed by atoms with Crippen LogP contribution in [0.25, 0.3) is 0 Å². The predicted molar refractivity (Wildman–Crippen MR) is 45.5 cm³/mol. The number of benzene rings is 1. The molecule has 0 bridgehead atoms. The number of hydrogen-bond donors (Lipinski definition) is 3. The Kier molecular flexibility index (Phi) is 2.84. The molecule has 1 amide bonds. The molecule has 0 aliphatic heterocycles. The fourth-order valence-electron chi connectivity index (χ4n) is 0.939. The lowest BCUT2D eigenvalue weighted by molar-refractivity contribution is 0.0702. The first kappa shape index (κ1) is 10.6. The Balaban J connectivity index is 3.38. The Hall–Kier alpha value is -1.44. The third-order valence-electron chi connectivity index (χ3n) is 1.51. The van der Waals surface area contributed by atoms with Gasteiger partial charge in [0.15, 0.2) is 0 Å². The minimum Gasteiger partial charge on any atom is -0.288 e. The third-order valence-corrected chi connectivity index (χ3v) is 2.42. The quantitative estimate of drug-likeness (QED) is 0.369. The van der Waals surface area contributed by atoms with Crippen molar-refractivity contribution in [1.82, 2.24) is 5.48 Å². The number of hydroxylamine groups is 1. The summed E-state index contributed by atoms with van der Waals surface area (Å²) in [5.41, 5.74) is 0.958. The molecule has 7 heteroatoms. The van der Waals surface area contributed by atoms with Gasteiger partial charge in [-0.1, -0.05) is 12.1 Å². The van der Waals surface area contributed by atoms with Crippen LogP contribution >= 0.6 is 0 Å². The number of amides is 1. The fourth-order valence-corrected chi connectivity index (χ4v) is 1.63. The molecule has 0 spiro atoms. The highest BCUT2D eigenvalue weighted by Crippen LogP contribution is 2.14. The van der Waals surface area contributed by atoms with E-state index in [1.807, 2.05) is 0 Å². The van der Waals surface area contributed by atoms with Crippen LogP contribution in [-0.4, -0.2) is 24.1 Å². The average molecular weight is 217 g/mol. The molecule has 0 saturated heterocycles. The van der Waals surface area contributed by atoms with Gasteiger partial charge >= 0.3 is 0 Å². The van der Waals surface area contributed by atoms with Crippen molar-refractivity contribution in [1.29, 1.82) is 0 Å². The molecule has 0 saturated carbocycles. The molecular formula is C7H7NO5S. The summed E-state index contributed by atoms with van der Waals surface area (Å²) >= 11 is 0. The number of nitrogens with one attached hydrogen (secondary N) is 1. The highest BCUT2D eigenvalue weighted by Gasteiger charge is 2.18. The van der Waals surface area contributed by atoms with Crippen LogP contribution in [0.15, 0.2) is 29.2 Å². The van der Waals surface area contributed by atoms with Crippen LogP contribution in [0.1, 0.15) is 10.4 Å². The molecule has 0 aromatic heterocycles. The van der Waals surface area contributed by atoms with Gasteiger partial charge in [-0.2, -0.15) is 8.42 Å². The normalized spacial score (nSPS) is 11.0. The van der Waals surface area contributed by atoms with Crippen LogP contribution < -0.4 is 5.48 Å². The van der Waals surface area contributed by atoms with E-state index in [0.717, 1.165) is 12.1 Å². The molecule has 6 nitrogen and oxygen atoms in total. The summed E-state index contributed by atoms with van der Waals surface area (Å²) in [6.45, 7) is 0. The van der Waals surface area contributed by atoms with Crippen molar-refractivity contribution in [3.05, 3.63) is 29.8 Å². The van der Waals surface area contributed by atoms with E-state index in [0.29, 0.717) is 0 Å². The largest absolute Gasteiger partial charge is 0.295 e. The Labute approximate surface area is 79.9 Å². The van der Waals surface area contributed by atoms with E-state index < -0.39 is 20.9 Å². The van der Waals surface area contributed by atoms with Crippen molar-refractivity contribution in [2.75, 3.05) is 0 Å². The van der Waals surface area contributed by atoms with Crippen molar-refractivity contribution in [2.45, 2.75) is 4.90 Å². The van der Waals surface area contributed by atoms with Crippen LogP contribution in [0.5, 0.6) is 0 Å². The first-order valence-corrected chi connectivity index (χ1v) is 4.92. The van der Waals surface area contributed by atoms with Gasteiger partial charge in [0.25, 0.3) is 16.0 Å². The topological polar surface area (TPSA) is 104 Å². The highest BCUT2D eigenvalue weighted by molar-refractivity contribution is 7.86. The zero-order valence-electron chi connectivity index (χ0n) is 6.84. The maximum absolute atomic E-state index is 10.9. The van der Waals surface area contributed by atoms with Gasteiger partial charge < -0.3 is 0 Å². The summed E-state index contributed by atoms with van der Waals surface area (Å²) in [5.74, 6) is -1.00.